The van der Waals surface area contributed by atoms with E-state index in [4.69, 9.17) is 4.74 Å². The summed E-state index contributed by atoms with van der Waals surface area (Å²) in [6.45, 7) is 2.27. The van der Waals surface area contributed by atoms with Crippen LogP contribution in [0.4, 0.5) is 0 Å². The summed E-state index contributed by atoms with van der Waals surface area (Å²) in [5.74, 6) is 0.595. The minimum atomic E-state index is 0.398. The lowest BCUT2D eigenvalue weighted by atomic mass is 9.92. The van der Waals surface area contributed by atoms with Gasteiger partial charge >= 0.3 is 0 Å². The van der Waals surface area contributed by atoms with Crippen LogP contribution in [0, 0.1) is 5.92 Å². The highest BCUT2D eigenvalue weighted by Crippen LogP contribution is 2.21. The molecule has 0 amide bonds. The van der Waals surface area contributed by atoms with E-state index < -0.39 is 0 Å². The summed E-state index contributed by atoms with van der Waals surface area (Å²) < 4.78 is 5.63. The van der Waals surface area contributed by atoms with E-state index in [1.165, 1.54) is 5.56 Å². The molecule has 0 N–H and O–H groups in total. The molecular formula is C14H18O. The average Bonchev–Trinajstić information content (AvgIpc) is 2.31. The van der Waals surface area contributed by atoms with Crippen molar-refractivity contribution in [3.05, 3.63) is 48.2 Å². The van der Waals surface area contributed by atoms with Crippen LogP contribution in [0.2, 0.25) is 0 Å². The van der Waals surface area contributed by atoms with Gasteiger partial charge in [0.2, 0.25) is 0 Å². The maximum atomic E-state index is 5.63. The minimum absolute atomic E-state index is 0.398. The van der Waals surface area contributed by atoms with Crippen LogP contribution in [0.1, 0.15) is 25.3 Å². The standard InChI is InChI=1S/C14H18O/c1-12(14-9-5-6-10-15-14)11-13-7-3-2-4-8-13/h2-4,6-8,10,12,14H,5,9,11H2,1H3. The normalized spacial score (nSPS) is 22.1. The van der Waals surface area contributed by atoms with E-state index >= 15 is 0 Å². The summed E-state index contributed by atoms with van der Waals surface area (Å²) >= 11 is 0. The maximum absolute atomic E-state index is 5.63. The molecule has 1 aromatic carbocycles. The van der Waals surface area contributed by atoms with E-state index in [1.807, 2.05) is 6.26 Å². The Balaban J connectivity index is 1.91. The van der Waals surface area contributed by atoms with Gasteiger partial charge < -0.3 is 4.74 Å². The highest BCUT2D eigenvalue weighted by atomic mass is 16.5. The molecule has 2 atom stereocenters. The van der Waals surface area contributed by atoms with Crippen LogP contribution in [0.3, 0.4) is 0 Å². The minimum Gasteiger partial charge on any atom is -0.498 e. The van der Waals surface area contributed by atoms with Crippen molar-refractivity contribution in [3.8, 4) is 0 Å². The van der Waals surface area contributed by atoms with Crippen LogP contribution < -0.4 is 0 Å². The van der Waals surface area contributed by atoms with Crippen LogP contribution in [0.15, 0.2) is 42.7 Å². The van der Waals surface area contributed by atoms with Gasteiger partial charge in [-0.15, -0.1) is 0 Å². The molecule has 0 spiro atoms. The molecule has 0 saturated carbocycles. The van der Waals surface area contributed by atoms with E-state index in [2.05, 4.69) is 43.3 Å². The van der Waals surface area contributed by atoms with E-state index in [1.54, 1.807) is 0 Å². The number of ether oxygens (including phenoxy) is 1. The maximum Gasteiger partial charge on any atom is 0.101 e. The van der Waals surface area contributed by atoms with Gasteiger partial charge in [-0.2, -0.15) is 0 Å². The zero-order chi connectivity index (χ0) is 10.5. The quantitative estimate of drug-likeness (QED) is 0.728. The smallest absolute Gasteiger partial charge is 0.101 e. The van der Waals surface area contributed by atoms with Crippen molar-refractivity contribution in [2.75, 3.05) is 0 Å². The molecule has 15 heavy (non-hydrogen) atoms. The Bertz CT molecular complexity index is 315. The summed E-state index contributed by atoms with van der Waals surface area (Å²) in [4.78, 5) is 0. The molecule has 1 aromatic rings. The van der Waals surface area contributed by atoms with Gasteiger partial charge in [0.05, 0.1) is 6.26 Å². The second kappa shape index (κ2) is 5.01. The number of hydrogen-bond donors (Lipinski definition) is 0. The molecule has 0 fully saturated rings. The summed E-state index contributed by atoms with van der Waals surface area (Å²) in [5.41, 5.74) is 1.41. The number of allylic oxidation sites excluding steroid dienone is 1. The first kappa shape index (κ1) is 10.3. The molecule has 0 aliphatic carbocycles. The highest BCUT2D eigenvalue weighted by Gasteiger charge is 2.19. The van der Waals surface area contributed by atoms with Gasteiger partial charge in [-0.1, -0.05) is 37.3 Å². The molecule has 1 aliphatic heterocycles. The van der Waals surface area contributed by atoms with Crippen molar-refractivity contribution >= 4 is 0 Å². The summed E-state index contributed by atoms with van der Waals surface area (Å²) in [6.07, 6.45) is 7.78. The first-order valence-corrected chi connectivity index (χ1v) is 5.70. The van der Waals surface area contributed by atoms with Crippen molar-refractivity contribution in [3.63, 3.8) is 0 Å². The summed E-state index contributed by atoms with van der Waals surface area (Å²) in [6, 6.07) is 10.6. The third-order valence-corrected chi connectivity index (χ3v) is 3.00. The molecule has 1 heterocycles. The van der Waals surface area contributed by atoms with E-state index in [0.29, 0.717) is 12.0 Å². The fraction of sp³-hybridized carbons (Fsp3) is 0.429. The fourth-order valence-corrected chi connectivity index (χ4v) is 2.09. The predicted molar refractivity (Wildman–Crippen MR) is 62.6 cm³/mol. The van der Waals surface area contributed by atoms with E-state index in [9.17, 15) is 0 Å². The van der Waals surface area contributed by atoms with Gasteiger partial charge in [0.15, 0.2) is 0 Å². The van der Waals surface area contributed by atoms with E-state index in [-0.39, 0.29) is 0 Å². The van der Waals surface area contributed by atoms with Crippen molar-refractivity contribution < 1.29 is 4.74 Å². The molecule has 1 heteroatoms. The molecule has 2 unspecified atom stereocenters. The second-order valence-corrected chi connectivity index (χ2v) is 4.29. The molecule has 2 rings (SSSR count). The van der Waals surface area contributed by atoms with Gasteiger partial charge in [0, 0.05) is 0 Å². The first-order chi connectivity index (χ1) is 7.36. The van der Waals surface area contributed by atoms with Crippen molar-refractivity contribution in [1.82, 2.24) is 0 Å². The second-order valence-electron chi connectivity index (χ2n) is 4.29. The lowest BCUT2D eigenvalue weighted by molar-refractivity contribution is 0.0757. The predicted octanol–water partition coefficient (Wildman–Crippen LogP) is 3.56. The molecule has 0 saturated heterocycles. The molecular weight excluding hydrogens is 184 g/mol. The Morgan fingerprint density at radius 1 is 1.33 bits per heavy atom. The molecule has 0 bridgehead atoms. The zero-order valence-corrected chi connectivity index (χ0v) is 9.23. The van der Waals surface area contributed by atoms with Gasteiger partial charge in [0.25, 0.3) is 0 Å². The van der Waals surface area contributed by atoms with Crippen LogP contribution in [-0.2, 0) is 11.2 Å². The average molecular weight is 202 g/mol. The number of hydrogen-bond acceptors (Lipinski definition) is 1. The van der Waals surface area contributed by atoms with Crippen LogP contribution in [-0.4, -0.2) is 6.10 Å². The van der Waals surface area contributed by atoms with Gasteiger partial charge in [-0.25, -0.2) is 0 Å². The molecule has 0 radical (unpaired) electrons. The van der Waals surface area contributed by atoms with Crippen LogP contribution in [0.5, 0.6) is 0 Å². The molecule has 80 valence electrons. The Labute approximate surface area is 91.8 Å². The molecule has 0 aromatic heterocycles. The van der Waals surface area contributed by atoms with Gasteiger partial charge in [0.1, 0.15) is 6.10 Å². The third kappa shape index (κ3) is 2.85. The van der Waals surface area contributed by atoms with Crippen molar-refractivity contribution in [2.24, 2.45) is 5.92 Å². The van der Waals surface area contributed by atoms with Crippen LogP contribution >= 0.6 is 0 Å². The topological polar surface area (TPSA) is 9.23 Å². The Kier molecular flexibility index (Phi) is 3.44. The molecule has 1 aliphatic rings. The first-order valence-electron chi connectivity index (χ1n) is 5.70. The zero-order valence-electron chi connectivity index (χ0n) is 9.23. The summed E-state index contributed by atoms with van der Waals surface area (Å²) in [5, 5.41) is 0. The molecule has 1 nitrogen and oxygen atoms in total. The van der Waals surface area contributed by atoms with Crippen LogP contribution in [0.25, 0.3) is 0 Å². The largest absolute Gasteiger partial charge is 0.498 e. The third-order valence-electron chi connectivity index (χ3n) is 3.00. The Morgan fingerprint density at radius 3 is 2.80 bits per heavy atom. The SMILES string of the molecule is CC(Cc1ccccc1)C1CCC=CO1. The Morgan fingerprint density at radius 2 is 2.13 bits per heavy atom. The number of benzene rings is 1. The Hall–Kier alpha value is -1.24. The van der Waals surface area contributed by atoms with Gasteiger partial charge in [-0.05, 0) is 36.8 Å². The lowest BCUT2D eigenvalue weighted by Gasteiger charge is -2.25. The summed E-state index contributed by atoms with van der Waals surface area (Å²) in [7, 11) is 0. The number of rotatable bonds is 3. The highest BCUT2D eigenvalue weighted by molar-refractivity contribution is 5.15. The van der Waals surface area contributed by atoms with Crippen molar-refractivity contribution in [2.45, 2.75) is 32.3 Å². The van der Waals surface area contributed by atoms with Crippen molar-refractivity contribution in [1.29, 1.82) is 0 Å². The lowest BCUT2D eigenvalue weighted by Crippen LogP contribution is -2.23. The monoisotopic (exact) mass is 202 g/mol. The van der Waals surface area contributed by atoms with E-state index in [0.717, 1.165) is 19.3 Å². The fourth-order valence-electron chi connectivity index (χ4n) is 2.09. The van der Waals surface area contributed by atoms with Gasteiger partial charge in [-0.3, -0.25) is 0 Å².